The Morgan fingerprint density at radius 2 is 2.06 bits per heavy atom. The van der Waals surface area contributed by atoms with Crippen LogP contribution in [0, 0.1) is 0 Å². The maximum atomic E-state index is 5.57. The predicted octanol–water partition coefficient (Wildman–Crippen LogP) is 1.79. The molecule has 0 fully saturated rings. The van der Waals surface area contributed by atoms with Crippen molar-refractivity contribution in [1.82, 2.24) is 15.5 Å². The van der Waals surface area contributed by atoms with Gasteiger partial charge in [-0.25, -0.2) is 0 Å². The molecule has 0 atom stereocenters. The number of rotatable bonds is 8. The Morgan fingerprint density at radius 1 is 1.33 bits per heavy atom. The highest BCUT2D eigenvalue weighted by molar-refractivity contribution is 5.17. The quantitative estimate of drug-likeness (QED) is 0.739. The zero-order chi connectivity index (χ0) is 13.6. The Balaban J connectivity index is 2.39. The van der Waals surface area contributed by atoms with Gasteiger partial charge >= 0.3 is 6.01 Å². The van der Waals surface area contributed by atoms with Gasteiger partial charge in [-0.1, -0.05) is 18.9 Å². The molecule has 0 radical (unpaired) electrons. The molecule has 104 valence electrons. The van der Waals surface area contributed by atoms with E-state index in [0.717, 1.165) is 0 Å². The summed E-state index contributed by atoms with van der Waals surface area (Å²) in [7, 11) is 0. The van der Waals surface area contributed by atoms with Crippen LogP contribution < -0.4 is 10.6 Å². The van der Waals surface area contributed by atoms with Gasteiger partial charge in [0.1, 0.15) is 0 Å². The highest BCUT2D eigenvalue weighted by Crippen LogP contribution is 2.11. The second-order valence-corrected chi connectivity index (χ2v) is 5.08. The summed E-state index contributed by atoms with van der Waals surface area (Å²) in [6.45, 7) is 12.0. The van der Waals surface area contributed by atoms with E-state index in [0.29, 0.717) is 37.6 Å². The van der Waals surface area contributed by atoms with Crippen LogP contribution in [-0.4, -0.2) is 35.0 Å². The predicted molar refractivity (Wildman–Crippen MR) is 70.5 cm³/mol. The summed E-state index contributed by atoms with van der Waals surface area (Å²) in [4.78, 5) is 0. The second kappa shape index (κ2) is 6.70. The molecule has 6 heteroatoms. The topological polar surface area (TPSA) is 72.2 Å². The lowest BCUT2D eigenvalue weighted by Gasteiger charge is -2.24. The van der Waals surface area contributed by atoms with E-state index < -0.39 is 0 Å². The van der Waals surface area contributed by atoms with Gasteiger partial charge in [-0.15, -0.1) is 5.10 Å². The summed E-state index contributed by atoms with van der Waals surface area (Å²) in [6.07, 6.45) is 0. The van der Waals surface area contributed by atoms with Gasteiger partial charge in [0.2, 0.25) is 5.89 Å². The molecule has 0 spiro atoms. The van der Waals surface area contributed by atoms with E-state index in [-0.39, 0.29) is 5.60 Å². The molecular weight excluding hydrogens is 232 g/mol. The van der Waals surface area contributed by atoms with Crippen molar-refractivity contribution in [2.24, 2.45) is 0 Å². The Labute approximate surface area is 108 Å². The number of nitrogens with zero attached hydrogens (tertiary/aromatic N) is 2. The summed E-state index contributed by atoms with van der Waals surface area (Å²) >= 11 is 0. The summed E-state index contributed by atoms with van der Waals surface area (Å²) < 4.78 is 11.0. The monoisotopic (exact) mass is 256 g/mol. The lowest BCUT2D eigenvalue weighted by Crippen LogP contribution is -2.33. The summed E-state index contributed by atoms with van der Waals surface area (Å²) in [5.74, 6) is 0.584. The largest absolute Gasteiger partial charge is 0.407 e. The van der Waals surface area contributed by atoms with E-state index in [9.17, 15) is 0 Å². The van der Waals surface area contributed by atoms with Crippen molar-refractivity contribution >= 4 is 6.01 Å². The van der Waals surface area contributed by atoms with Gasteiger partial charge in [0.25, 0.3) is 0 Å². The molecule has 18 heavy (non-hydrogen) atoms. The highest BCUT2D eigenvalue weighted by Gasteiger charge is 2.18. The van der Waals surface area contributed by atoms with Gasteiger partial charge in [0.15, 0.2) is 0 Å². The first-order chi connectivity index (χ1) is 8.43. The van der Waals surface area contributed by atoms with Crippen molar-refractivity contribution in [1.29, 1.82) is 0 Å². The molecule has 1 aromatic heterocycles. The van der Waals surface area contributed by atoms with Gasteiger partial charge in [-0.2, -0.15) is 0 Å². The van der Waals surface area contributed by atoms with Crippen LogP contribution in [0.1, 0.15) is 40.5 Å². The molecule has 0 unspecified atom stereocenters. The van der Waals surface area contributed by atoms with Crippen LogP contribution >= 0.6 is 0 Å². The van der Waals surface area contributed by atoms with E-state index >= 15 is 0 Å². The molecule has 0 saturated heterocycles. The standard InChI is InChI=1S/C12H24N4O2/c1-6-17-12(4,5)8-14-11-16-15-10(18-11)7-13-9(2)3/h9,13H,6-8H2,1-5H3,(H,14,16). The first kappa shape index (κ1) is 14.9. The first-order valence-corrected chi connectivity index (χ1v) is 6.36. The van der Waals surface area contributed by atoms with E-state index in [2.05, 4.69) is 34.7 Å². The molecule has 1 heterocycles. The van der Waals surface area contributed by atoms with E-state index in [1.807, 2.05) is 20.8 Å². The summed E-state index contributed by atoms with van der Waals surface area (Å²) in [5.41, 5.74) is -0.250. The average Bonchev–Trinajstić information content (AvgIpc) is 2.72. The Hall–Kier alpha value is -1.14. The van der Waals surface area contributed by atoms with Crippen LogP contribution in [0.5, 0.6) is 0 Å². The zero-order valence-electron chi connectivity index (χ0n) is 11.9. The van der Waals surface area contributed by atoms with E-state index in [4.69, 9.17) is 9.15 Å². The molecule has 0 saturated carbocycles. The minimum Gasteiger partial charge on any atom is -0.407 e. The normalized spacial score (nSPS) is 12.1. The molecule has 0 aromatic carbocycles. The molecule has 0 bridgehead atoms. The van der Waals surface area contributed by atoms with Gasteiger partial charge in [-0.05, 0) is 20.8 Å². The molecule has 0 aliphatic rings. The first-order valence-electron chi connectivity index (χ1n) is 6.36. The number of hydrogen-bond donors (Lipinski definition) is 2. The number of ether oxygens (including phenoxy) is 1. The molecule has 0 aliphatic carbocycles. The fourth-order valence-corrected chi connectivity index (χ4v) is 1.42. The maximum Gasteiger partial charge on any atom is 0.315 e. The SMILES string of the molecule is CCOC(C)(C)CNc1nnc(CNC(C)C)o1. The fourth-order valence-electron chi connectivity index (χ4n) is 1.42. The molecule has 0 aliphatic heterocycles. The number of anilines is 1. The third kappa shape index (κ3) is 5.46. The van der Waals surface area contributed by atoms with Crippen LogP contribution in [0.4, 0.5) is 6.01 Å². The van der Waals surface area contributed by atoms with Gasteiger partial charge < -0.3 is 19.8 Å². The van der Waals surface area contributed by atoms with Gasteiger partial charge in [0.05, 0.1) is 12.1 Å². The van der Waals surface area contributed by atoms with Crippen molar-refractivity contribution in [3.63, 3.8) is 0 Å². The van der Waals surface area contributed by atoms with Crippen LogP contribution in [0.2, 0.25) is 0 Å². The maximum absolute atomic E-state index is 5.57. The Bertz CT molecular complexity index is 350. The second-order valence-electron chi connectivity index (χ2n) is 5.08. The van der Waals surface area contributed by atoms with Crippen molar-refractivity contribution in [2.45, 2.75) is 52.8 Å². The highest BCUT2D eigenvalue weighted by atomic mass is 16.5. The van der Waals surface area contributed by atoms with E-state index in [1.165, 1.54) is 0 Å². The lowest BCUT2D eigenvalue weighted by molar-refractivity contribution is 0.000339. The molecule has 1 rings (SSSR count). The summed E-state index contributed by atoms with van der Waals surface area (Å²) in [6, 6.07) is 0.827. The van der Waals surface area contributed by atoms with Crippen molar-refractivity contribution < 1.29 is 9.15 Å². The van der Waals surface area contributed by atoms with Crippen LogP contribution in [0.15, 0.2) is 4.42 Å². The van der Waals surface area contributed by atoms with Crippen LogP contribution in [-0.2, 0) is 11.3 Å². The minimum atomic E-state index is -0.250. The van der Waals surface area contributed by atoms with E-state index in [1.54, 1.807) is 0 Å². The summed E-state index contributed by atoms with van der Waals surface area (Å²) in [5, 5.41) is 14.2. The van der Waals surface area contributed by atoms with Crippen LogP contribution in [0.25, 0.3) is 0 Å². The van der Waals surface area contributed by atoms with Gasteiger partial charge in [0, 0.05) is 19.2 Å². The minimum absolute atomic E-state index is 0.250. The van der Waals surface area contributed by atoms with Crippen molar-refractivity contribution in [3.05, 3.63) is 5.89 Å². The van der Waals surface area contributed by atoms with Gasteiger partial charge in [-0.3, -0.25) is 0 Å². The number of hydrogen-bond acceptors (Lipinski definition) is 6. The van der Waals surface area contributed by atoms with Crippen molar-refractivity contribution in [3.8, 4) is 0 Å². The Kier molecular flexibility index (Phi) is 5.55. The molecule has 2 N–H and O–H groups in total. The molecular formula is C12H24N4O2. The Morgan fingerprint density at radius 3 is 2.67 bits per heavy atom. The number of nitrogens with one attached hydrogen (secondary N) is 2. The van der Waals surface area contributed by atoms with Crippen LogP contribution in [0.3, 0.4) is 0 Å². The zero-order valence-corrected chi connectivity index (χ0v) is 11.9. The third-order valence-corrected chi connectivity index (χ3v) is 2.33. The number of aromatic nitrogens is 2. The average molecular weight is 256 g/mol. The smallest absolute Gasteiger partial charge is 0.315 e. The molecule has 1 aromatic rings. The lowest BCUT2D eigenvalue weighted by atomic mass is 10.1. The third-order valence-electron chi connectivity index (χ3n) is 2.33. The molecule has 6 nitrogen and oxygen atoms in total. The fraction of sp³-hybridized carbons (Fsp3) is 0.833. The van der Waals surface area contributed by atoms with Crippen molar-refractivity contribution in [2.75, 3.05) is 18.5 Å². The molecule has 0 amide bonds.